The molecule has 1 aromatic heterocycles. The fraction of sp³-hybridized carbons (Fsp3) is 0.250. The minimum atomic E-state index is -0.364. The average Bonchev–Trinajstić information content (AvgIpc) is 3.35. The lowest BCUT2D eigenvalue weighted by atomic mass is 10.1. The Labute approximate surface area is 181 Å². The molecule has 0 atom stereocenters. The Kier molecular flexibility index (Phi) is 6.21. The number of rotatable bonds is 6. The van der Waals surface area contributed by atoms with E-state index >= 15 is 0 Å². The molecule has 0 spiro atoms. The van der Waals surface area contributed by atoms with Crippen LogP contribution in [0.4, 0.5) is 17.1 Å². The highest BCUT2D eigenvalue weighted by atomic mass is 16.5. The maximum absolute atomic E-state index is 13.2. The van der Waals surface area contributed by atoms with Crippen molar-refractivity contribution in [2.24, 2.45) is 0 Å². The normalized spacial score (nSPS) is 13.5. The maximum Gasteiger partial charge on any atom is 0.291 e. The van der Waals surface area contributed by atoms with Gasteiger partial charge in [0.15, 0.2) is 5.76 Å². The molecule has 7 heteroatoms. The number of carbonyl (C=O) groups is 2. The fourth-order valence-electron chi connectivity index (χ4n) is 3.68. The van der Waals surface area contributed by atoms with E-state index < -0.39 is 0 Å². The van der Waals surface area contributed by atoms with Crippen LogP contribution in [0, 0.1) is 0 Å². The van der Waals surface area contributed by atoms with Crippen LogP contribution in [0.2, 0.25) is 0 Å². The molecule has 1 aliphatic heterocycles. The van der Waals surface area contributed by atoms with Crippen molar-refractivity contribution in [2.75, 3.05) is 35.7 Å². The van der Waals surface area contributed by atoms with E-state index in [1.54, 1.807) is 49.6 Å². The molecule has 0 aliphatic carbocycles. The van der Waals surface area contributed by atoms with Gasteiger partial charge < -0.3 is 24.7 Å². The summed E-state index contributed by atoms with van der Waals surface area (Å²) >= 11 is 0. The van der Waals surface area contributed by atoms with Crippen molar-refractivity contribution < 1.29 is 18.7 Å². The van der Waals surface area contributed by atoms with E-state index in [1.165, 1.54) is 12.7 Å². The topological polar surface area (TPSA) is 83.8 Å². The molecular formula is C24H25N3O4. The number of piperidine rings is 1. The summed E-state index contributed by atoms with van der Waals surface area (Å²) in [6, 6.07) is 15.8. The standard InChI is InChI=1S/C24H25N3O4/c1-30-19-10-7-17(8-11-19)25-23(28)20-16-18(26-24(29)22-6-5-15-31-22)9-12-21(20)27-13-3-2-4-14-27/h5-12,15-16H,2-4,13-14H2,1H3,(H,25,28)(H,26,29). The van der Waals surface area contributed by atoms with Crippen molar-refractivity contribution in [1.82, 2.24) is 0 Å². The van der Waals surface area contributed by atoms with Gasteiger partial charge in [-0.05, 0) is 73.9 Å². The molecule has 7 nitrogen and oxygen atoms in total. The molecule has 31 heavy (non-hydrogen) atoms. The second-order valence-corrected chi connectivity index (χ2v) is 7.39. The quantitative estimate of drug-likeness (QED) is 0.601. The Bertz CT molecular complexity index is 1040. The van der Waals surface area contributed by atoms with Gasteiger partial charge in [0, 0.05) is 30.2 Å². The third-order valence-corrected chi connectivity index (χ3v) is 5.29. The third kappa shape index (κ3) is 4.88. The van der Waals surface area contributed by atoms with Crippen LogP contribution in [0.1, 0.15) is 40.2 Å². The monoisotopic (exact) mass is 419 g/mol. The molecule has 0 radical (unpaired) electrons. The first-order valence-corrected chi connectivity index (χ1v) is 10.3. The zero-order valence-corrected chi connectivity index (χ0v) is 17.4. The van der Waals surface area contributed by atoms with Crippen molar-refractivity contribution >= 4 is 28.9 Å². The first kappa shape index (κ1) is 20.5. The molecule has 2 amide bonds. The van der Waals surface area contributed by atoms with Gasteiger partial charge in [0.2, 0.25) is 0 Å². The van der Waals surface area contributed by atoms with E-state index in [9.17, 15) is 9.59 Å². The van der Waals surface area contributed by atoms with Crippen LogP contribution in [0.5, 0.6) is 5.75 Å². The van der Waals surface area contributed by atoms with E-state index in [2.05, 4.69) is 15.5 Å². The Balaban J connectivity index is 1.60. The SMILES string of the molecule is COc1ccc(NC(=O)c2cc(NC(=O)c3ccco3)ccc2N2CCCCC2)cc1. The van der Waals surface area contributed by atoms with Gasteiger partial charge in [0.25, 0.3) is 11.8 Å². The minimum absolute atomic E-state index is 0.212. The van der Waals surface area contributed by atoms with Gasteiger partial charge in [-0.1, -0.05) is 0 Å². The number of nitrogens with one attached hydrogen (secondary N) is 2. The number of methoxy groups -OCH3 is 1. The first-order chi connectivity index (χ1) is 15.1. The molecule has 2 N–H and O–H groups in total. The summed E-state index contributed by atoms with van der Waals surface area (Å²) in [5.74, 6) is 0.330. The van der Waals surface area contributed by atoms with Gasteiger partial charge in [-0.15, -0.1) is 0 Å². The molecule has 0 saturated carbocycles. The zero-order chi connectivity index (χ0) is 21.6. The summed E-state index contributed by atoms with van der Waals surface area (Å²) < 4.78 is 10.3. The highest BCUT2D eigenvalue weighted by Gasteiger charge is 2.20. The molecule has 1 fully saturated rings. The summed E-state index contributed by atoms with van der Waals surface area (Å²) in [7, 11) is 1.60. The fourth-order valence-corrected chi connectivity index (χ4v) is 3.68. The zero-order valence-electron chi connectivity index (χ0n) is 17.4. The molecule has 4 rings (SSSR count). The molecule has 160 valence electrons. The predicted octanol–water partition coefficient (Wildman–Crippen LogP) is 4.78. The molecule has 1 aliphatic rings. The number of amides is 2. The number of carbonyl (C=O) groups excluding carboxylic acids is 2. The Hall–Kier alpha value is -3.74. The second-order valence-electron chi connectivity index (χ2n) is 7.39. The van der Waals surface area contributed by atoms with Crippen molar-refractivity contribution in [3.8, 4) is 5.75 Å². The first-order valence-electron chi connectivity index (χ1n) is 10.3. The summed E-state index contributed by atoms with van der Waals surface area (Å²) in [4.78, 5) is 27.8. The summed E-state index contributed by atoms with van der Waals surface area (Å²) in [5.41, 5.74) is 2.57. The van der Waals surface area contributed by atoms with Crippen LogP contribution >= 0.6 is 0 Å². The van der Waals surface area contributed by atoms with E-state index in [0.29, 0.717) is 16.9 Å². The van der Waals surface area contributed by atoms with Crippen molar-refractivity contribution in [1.29, 1.82) is 0 Å². The largest absolute Gasteiger partial charge is 0.497 e. The van der Waals surface area contributed by atoms with Crippen LogP contribution in [0.3, 0.4) is 0 Å². The van der Waals surface area contributed by atoms with Crippen LogP contribution in [0.15, 0.2) is 65.3 Å². The number of hydrogen-bond donors (Lipinski definition) is 2. The molecule has 1 saturated heterocycles. The lowest BCUT2D eigenvalue weighted by Gasteiger charge is -2.30. The van der Waals surface area contributed by atoms with E-state index in [-0.39, 0.29) is 17.6 Å². The van der Waals surface area contributed by atoms with Gasteiger partial charge in [-0.3, -0.25) is 9.59 Å². The lowest BCUT2D eigenvalue weighted by molar-refractivity contribution is 0.0993. The molecule has 3 aromatic rings. The summed E-state index contributed by atoms with van der Waals surface area (Å²) in [6.07, 6.45) is 4.83. The molecule has 0 unspecified atom stereocenters. The van der Waals surface area contributed by atoms with Gasteiger partial charge >= 0.3 is 0 Å². The van der Waals surface area contributed by atoms with Gasteiger partial charge in [-0.2, -0.15) is 0 Å². The number of hydrogen-bond acceptors (Lipinski definition) is 5. The molecule has 2 heterocycles. The van der Waals surface area contributed by atoms with E-state index in [0.717, 1.165) is 37.4 Å². The smallest absolute Gasteiger partial charge is 0.291 e. The predicted molar refractivity (Wildman–Crippen MR) is 120 cm³/mol. The summed E-state index contributed by atoms with van der Waals surface area (Å²) in [5, 5.41) is 5.75. The highest BCUT2D eigenvalue weighted by Crippen LogP contribution is 2.28. The third-order valence-electron chi connectivity index (χ3n) is 5.29. The average molecular weight is 419 g/mol. The maximum atomic E-state index is 13.2. The number of anilines is 3. The second kappa shape index (κ2) is 9.38. The van der Waals surface area contributed by atoms with Crippen molar-refractivity contribution in [3.63, 3.8) is 0 Å². The lowest BCUT2D eigenvalue weighted by Crippen LogP contribution is -2.31. The van der Waals surface area contributed by atoms with Gasteiger partial charge in [0.05, 0.1) is 18.9 Å². The summed E-state index contributed by atoms with van der Waals surface area (Å²) in [6.45, 7) is 1.81. The number of ether oxygens (including phenoxy) is 1. The number of nitrogens with zero attached hydrogens (tertiary/aromatic N) is 1. The molecule has 2 aromatic carbocycles. The van der Waals surface area contributed by atoms with Gasteiger partial charge in [-0.25, -0.2) is 0 Å². The Morgan fingerprint density at radius 3 is 2.29 bits per heavy atom. The van der Waals surface area contributed by atoms with Crippen LogP contribution < -0.4 is 20.3 Å². The van der Waals surface area contributed by atoms with Crippen molar-refractivity contribution in [2.45, 2.75) is 19.3 Å². The van der Waals surface area contributed by atoms with Crippen LogP contribution in [0.25, 0.3) is 0 Å². The van der Waals surface area contributed by atoms with Crippen LogP contribution in [-0.2, 0) is 0 Å². The van der Waals surface area contributed by atoms with Crippen molar-refractivity contribution in [3.05, 3.63) is 72.2 Å². The molecular weight excluding hydrogens is 394 g/mol. The van der Waals surface area contributed by atoms with E-state index in [1.807, 2.05) is 12.1 Å². The molecule has 0 bridgehead atoms. The van der Waals surface area contributed by atoms with Crippen LogP contribution in [-0.4, -0.2) is 32.0 Å². The highest BCUT2D eigenvalue weighted by molar-refractivity contribution is 6.10. The Morgan fingerprint density at radius 2 is 1.61 bits per heavy atom. The Morgan fingerprint density at radius 1 is 0.903 bits per heavy atom. The van der Waals surface area contributed by atoms with E-state index in [4.69, 9.17) is 9.15 Å². The number of furan rings is 1. The number of benzene rings is 2. The van der Waals surface area contributed by atoms with Gasteiger partial charge in [0.1, 0.15) is 5.75 Å². The minimum Gasteiger partial charge on any atom is -0.497 e.